The van der Waals surface area contributed by atoms with Crippen LogP contribution in [0.25, 0.3) is 0 Å². The maximum Gasteiger partial charge on any atom is 0.0860 e. The summed E-state index contributed by atoms with van der Waals surface area (Å²) in [5.74, 6) is 0. The van der Waals surface area contributed by atoms with Gasteiger partial charge in [0, 0.05) is 6.92 Å². The van der Waals surface area contributed by atoms with E-state index in [4.69, 9.17) is 12.0 Å². The molecule has 1 nitrogen and oxygen atoms in total. The van der Waals surface area contributed by atoms with E-state index in [9.17, 15) is 0 Å². The molecule has 0 fully saturated rings. The fourth-order valence-corrected chi connectivity index (χ4v) is 0.503. The third kappa shape index (κ3) is 2.80. The summed E-state index contributed by atoms with van der Waals surface area (Å²) in [6.45, 7) is 10.6. The van der Waals surface area contributed by atoms with Gasteiger partial charge in [0.2, 0.25) is 0 Å². The molecule has 0 saturated carbocycles. The monoisotopic (exact) mass is 112 g/mol. The zero-order chi connectivity index (χ0) is 6.62. The summed E-state index contributed by atoms with van der Waals surface area (Å²) < 4.78 is 0. The highest BCUT2D eigenvalue weighted by Gasteiger charge is 2.12. The average molecular weight is 112 g/mol. The summed E-state index contributed by atoms with van der Waals surface area (Å²) >= 11 is 0. The number of rotatable bonds is 3. The molecule has 0 spiro atoms. The van der Waals surface area contributed by atoms with Crippen LogP contribution in [0.2, 0.25) is 0 Å². The van der Waals surface area contributed by atoms with E-state index in [-0.39, 0.29) is 0 Å². The molecule has 0 bridgehead atoms. The lowest BCUT2D eigenvalue weighted by molar-refractivity contribution is 0.129. The first-order valence-corrected chi connectivity index (χ1v) is 2.77. The van der Waals surface area contributed by atoms with E-state index in [0.717, 1.165) is 6.42 Å². The molecular weight excluding hydrogens is 100 g/mol. The highest BCUT2D eigenvalue weighted by molar-refractivity contribution is 4.97. The second-order valence-electron chi connectivity index (χ2n) is 1.95. The molecule has 2 radical (unpaired) electrons. The summed E-state index contributed by atoms with van der Waals surface area (Å²) in [6, 6.07) is 0. The maximum atomic E-state index is 8.98. The van der Waals surface area contributed by atoms with E-state index in [1.807, 2.05) is 6.92 Å². The first kappa shape index (κ1) is 7.70. The second-order valence-corrected chi connectivity index (χ2v) is 1.95. The van der Waals surface area contributed by atoms with E-state index in [1.165, 1.54) is 6.08 Å². The van der Waals surface area contributed by atoms with Gasteiger partial charge in [-0.3, -0.25) is 0 Å². The fourth-order valence-electron chi connectivity index (χ4n) is 0.503. The van der Waals surface area contributed by atoms with Crippen LogP contribution in [0.5, 0.6) is 0 Å². The molecule has 0 amide bonds. The highest BCUT2D eigenvalue weighted by atomic mass is 16.3. The van der Waals surface area contributed by atoms with E-state index in [2.05, 4.69) is 6.58 Å². The van der Waals surface area contributed by atoms with Gasteiger partial charge >= 0.3 is 0 Å². The molecule has 0 aliphatic heterocycles. The van der Waals surface area contributed by atoms with Crippen molar-refractivity contribution >= 4 is 0 Å². The van der Waals surface area contributed by atoms with Gasteiger partial charge in [-0.1, -0.05) is 19.4 Å². The Morgan fingerprint density at radius 1 is 1.88 bits per heavy atom. The van der Waals surface area contributed by atoms with Crippen molar-refractivity contribution in [2.24, 2.45) is 0 Å². The van der Waals surface area contributed by atoms with Crippen LogP contribution >= 0.6 is 0 Å². The number of hydrogen-bond donors (Lipinski definition) is 1. The SMILES string of the molecule is [CH]C(O)(C=C)CCC. The van der Waals surface area contributed by atoms with Gasteiger partial charge in [0.05, 0.1) is 5.60 Å². The maximum absolute atomic E-state index is 8.98. The zero-order valence-corrected chi connectivity index (χ0v) is 5.22. The topological polar surface area (TPSA) is 20.2 Å². The molecule has 0 rings (SSSR count). The molecule has 1 unspecified atom stereocenters. The summed E-state index contributed by atoms with van der Waals surface area (Å²) in [6.07, 6.45) is 2.81. The third-order valence-corrected chi connectivity index (χ3v) is 1.00. The predicted molar refractivity (Wildman–Crippen MR) is 34.4 cm³/mol. The molecule has 0 aliphatic carbocycles. The van der Waals surface area contributed by atoms with Gasteiger partial charge in [-0.05, 0) is 6.42 Å². The normalized spacial score (nSPS) is 17.4. The van der Waals surface area contributed by atoms with Crippen LogP contribution in [0.15, 0.2) is 12.7 Å². The third-order valence-electron chi connectivity index (χ3n) is 1.00. The Labute approximate surface area is 51.0 Å². The first-order valence-electron chi connectivity index (χ1n) is 2.77. The lowest BCUT2D eigenvalue weighted by Gasteiger charge is -2.15. The van der Waals surface area contributed by atoms with Gasteiger partial charge in [-0.25, -0.2) is 0 Å². The highest BCUT2D eigenvalue weighted by Crippen LogP contribution is 2.10. The summed E-state index contributed by atoms with van der Waals surface area (Å²) in [4.78, 5) is 0. The Hall–Kier alpha value is -0.300. The lowest BCUT2D eigenvalue weighted by atomic mass is 10.0. The van der Waals surface area contributed by atoms with Crippen LogP contribution in [0.1, 0.15) is 19.8 Å². The molecule has 0 aromatic heterocycles. The Morgan fingerprint density at radius 2 is 2.38 bits per heavy atom. The summed E-state index contributed by atoms with van der Waals surface area (Å²) in [5.41, 5.74) is -1.14. The van der Waals surface area contributed by atoms with Crippen LogP contribution in [-0.4, -0.2) is 10.7 Å². The Morgan fingerprint density at radius 3 is 2.50 bits per heavy atom. The van der Waals surface area contributed by atoms with E-state index >= 15 is 0 Å². The minimum Gasteiger partial charge on any atom is -0.385 e. The van der Waals surface area contributed by atoms with E-state index in [1.54, 1.807) is 0 Å². The van der Waals surface area contributed by atoms with Crippen LogP contribution < -0.4 is 0 Å². The molecule has 1 atom stereocenters. The van der Waals surface area contributed by atoms with Crippen LogP contribution in [0.4, 0.5) is 0 Å². The Kier molecular flexibility index (Phi) is 2.77. The Bertz CT molecular complexity index is 74.5. The molecule has 0 aliphatic rings. The van der Waals surface area contributed by atoms with Gasteiger partial charge in [0.25, 0.3) is 0 Å². The van der Waals surface area contributed by atoms with Gasteiger partial charge in [0.1, 0.15) is 0 Å². The van der Waals surface area contributed by atoms with E-state index < -0.39 is 5.60 Å². The smallest absolute Gasteiger partial charge is 0.0860 e. The molecule has 8 heavy (non-hydrogen) atoms. The van der Waals surface area contributed by atoms with Crippen molar-refractivity contribution in [3.05, 3.63) is 19.6 Å². The average Bonchev–Trinajstić information content (AvgIpc) is 1.67. The van der Waals surface area contributed by atoms with Crippen molar-refractivity contribution < 1.29 is 5.11 Å². The summed E-state index contributed by atoms with van der Waals surface area (Å²) in [7, 11) is 0. The number of hydrogen-bond acceptors (Lipinski definition) is 1. The van der Waals surface area contributed by atoms with Crippen molar-refractivity contribution in [3.63, 3.8) is 0 Å². The molecule has 0 aromatic rings. The minimum atomic E-state index is -1.14. The molecular formula is C7H12O. The standard InChI is InChI=1S/C7H12O/c1-4-6-7(3,8)5-2/h3,5,8H,2,4,6H2,1H3. The van der Waals surface area contributed by atoms with Crippen molar-refractivity contribution in [2.75, 3.05) is 0 Å². The number of aliphatic hydroxyl groups is 1. The molecule has 1 N–H and O–H groups in total. The molecule has 46 valence electrons. The van der Waals surface area contributed by atoms with Crippen molar-refractivity contribution in [3.8, 4) is 0 Å². The van der Waals surface area contributed by atoms with Crippen molar-refractivity contribution in [2.45, 2.75) is 25.4 Å². The van der Waals surface area contributed by atoms with Gasteiger partial charge < -0.3 is 5.11 Å². The van der Waals surface area contributed by atoms with E-state index in [0.29, 0.717) is 6.42 Å². The molecule has 0 saturated heterocycles. The molecule has 1 heteroatoms. The molecule has 0 aromatic carbocycles. The Balaban J connectivity index is 3.53. The van der Waals surface area contributed by atoms with Crippen LogP contribution in [-0.2, 0) is 0 Å². The van der Waals surface area contributed by atoms with Crippen molar-refractivity contribution in [1.29, 1.82) is 0 Å². The van der Waals surface area contributed by atoms with Crippen LogP contribution in [0, 0.1) is 6.92 Å². The van der Waals surface area contributed by atoms with Gasteiger partial charge in [0.15, 0.2) is 0 Å². The largest absolute Gasteiger partial charge is 0.385 e. The fraction of sp³-hybridized carbons (Fsp3) is 0.571. The second kappa shape index (κ2) is 2.88. The predicted octanol–water partition coefficient (Wildman–Crippen LogP) is 1.41. The molecule has 0 heterocycles. The van der Waals surface area contributed by atoms with Gasteiger partial charge in [-0.2, -0.15) is 0 Å². The van der Waals surface area contributed by atoms with Gasteiger partial charge in [-0.15, -0.1) is 6.58 Å². The summed E-state index contributed by atoms with van der Waals surface area (Å²) in [5, 5.41) is 8.98. The first-order chi connectivity index (χ1) is 3.62. The quantitative estimate of drug-likeness (QED) is 0.547. The minimum absolute atomic E-state index is 0.580. The van der Waals surface area contributed by atoms with Crippen LogP contribution in [0.3, 0.4) is 0 Å². The van der Waals surface area contributed by atoms with Crippen molar-refractivity contribution in [1.82, 2.24) is 0 Å². The lowest BCUT2D eigenvalue weighted by Crippen LogP contribution is -2.19. The zero-order valence-electron chi connectivity index (χ0n) is 5.22.